The predicted octanol–water partition coefficient (Wildman–Crippen LogP) is 4.68. The molecule has 0 spiro atoms. The Morgan fingerprint density at radius 2 is 1.62 bits per heavy atom. The summed E-state index contributed by atoms with van der Waals surface area (Å²) in [7, 11) is 0. The first-order valence-corrected chi connectivity index (χ1v) is 9.63. The van der Waals surface area contributed by atoms with Crippen molar-refractivity contribution in [2.45, 2.75) is 19.3 Å². The lowest BCUT2D eigenvalue weighted by Crippen LogP contribution is -2.23. The maximum absolute atomic E-state index is 14.3. The van der Waals surface area contributed by atoms with Crippen molar-refractivity contribution in [2.24, 2.45) is 0 Å². The molecule has 156 valence electrons. The van der Waals surface area contributed by atoms with Crippen LogP contribution in [-0.4, -0.2) is 19.5 Å². The van der Waals surface area contributed by atoms with Crippen LogP contribution in [0, 0.1) is 34.3 Å². The van der Waals surface area contributed by atoms with E-state index in [9.17, 15) is 14.0 Å². The van der Waals surface area contributed by atoms with Gasteiger partial charge in [-0.15, -0.1) is 0 Å². The summed E-state index contributed by atoms with van der Waals surface area (Å²) < 4.78 is 29.0. The quantitative estimate of drug-likeness (QED) is 0.473. The smallest absolute Gasteiger partial charge is 0.177 e. The van der Waals surface area contributed by atoms with E-state index in [2.05, 4.69) is 15.0 Å². The summed E-state index contributed by atoms with van der Waals surface area (Å²) in [6.07, 6.45) is 1.38. The van der Waals surface area contributed by atoms with Gasteiger partial charge in [0.05, 0.1) is 17.1 Å². The van der Waals surface area contributed by atoms with E-state index in [4.69, 9.17) is 5.26 Å². The fourth-order valence-corrected chi connectivity index (χ4v) is 3.38. The molecule has 0 amide bonds. The van der Waals surface area contributed by atoms with Gasteiger partial charge in [-0.05, 0) is 50.2 Å². The highest BCUT2D eigenvalue weighted by molar-refractivity contribution is 5.60. The zero-order valence-electron chi connectivity index (χ0n) is 17.2. The Kier molecular flexibility index (Phi) is 5.21. The summed E-state index contributed by atoms with van der Waals surface area (Å²) in [5.41, 5.74) is 1.30. The van der Waals surface area contributed by atoms with E-state index in [1.165, 1.54) is 23.0 Å². The standard InChI is InChI=1S/C24H16F2N6/c1-24(2,21-6-3-5-18(30-21)16-10-9-15(25)11-17(16)26)22-7-4-8-23(31-22)32-14-29-19(12-27)20(32)13-28/h3-11,14H,1-2H3. The minimum Gasteiger partial charge on any atom is -0.273 e. The Morgan fingerprint density at radius 3 is 2.31 bits per heavy atom. The Balaban J connectivity index is 1.77. The highest BCUT2D eigenvalue weighted by Crippen LogP contribution is 2.31. The van der Waals surface area contributed by atoms with Gasteiger partial charge in [0.15, 0.2) is 11.4 Å². The van der Waals surface area contributed by atoms with Gasteiger partial charge in [-0.3, -0.25) is 9.55 Å². The molecule has 0 N–H and O–H groups in total. The molecule has 0 fully saturated rings. The molecule has 0 unspecified atom stereocenters. The van der Waals surface area contributed by atoms with E-state index in [1.807, 2.05) is 38.1 Å². The van der Waals surface area contributed by atoms with Crippen LogP contribution < -0.4 is 0 Å². The molecule has 4 aromatic rings. The molecule has 0 saturated heterocycles. The first-order chi connectivity index (χ1) is 15.3. The number of pyridine rings is 2. The SMILES string of the molecule is CC(C)(c1cccc(-c2ccc(F)cc2F)n1)c1cccc(-n2cnc(C#N)c2C#N)n1. The van der Waals surface area contributed by atoms with Crippen molar-refractivity contribution in [3.8, 4) is 29.2 Å². The number of halogens is 2. The average Bonchev–Trinajstić information content (AvgIpc) is 3.22. The number of aromatic nitrogens is 4. The first kappa shape index (κ1) is 20.8. The molecule has 3 aromatic heterocycles. The maximum Gasteiger partial charge on any atom is 0.177 e. The molecular formula is C24H16F2N6. The highest BCUT2D eigenvalue weighted by Gasteiger charge is 2.28. The third-order valence-electron chi connectivity index (χ3n) is 5.20. The van der Waals surface area contributed by atoms with Crippen LogP contribution in [0.2, 0.25) is 0 Å². The lowest BCUT2D eigenvalue weighted by atomic mass is 9.84. The fraction of sp³-hybridized carbons (Fsp3) is 0.125. The van der Waals surface area contributed by atoms with Gasteiger partial charge in [0, 0.05) is 17.0 Å². The van der Waals surface area contributed by atoms with E-state index >= 15 is 0 Å². The third-order valence-corrected chi connectivity index (χ3v) is 5.20. The topological polar surface area (TPSA) is 91.2 Å². The first-order valence-electron chi connectivity index (χ1n) is 9.63. The van der Waals surface area contributed by atoms with Crippen molar-refractivity contribution in [3.05, 3.63) is 95.3 Å². The van der Waals surface area contributed by atoms with Crippen LogP contribution in [0.1, 0.15) is 36.6 Å². The predicted molar refractivity (Wildman–Crippen MR) is 113 cm³/mol. The molecule has 0 atom stereocenters. The van der Waals surface area contributed by atoms with Crippen molar-refractivity contribution in [1.82, 2.24) is 19.5 Å². The van der Waals surface area contributed by atoms with Gasteiger partial charge in [-0.25, -0.2) is 18.7 Å². The molecule has 4 rings (SSSR count). The second-order valence-electron chi connectivity index (χ2n) is 7.57. The molecule has 32 heavy (non-hydrogen) atoms. The minimum absolute atomic E-state index is 0.0228. The summed E-state index contributed by atoms with van der Waals surface area (Å²) in [5.74, 6) is -0.911. The highest BCUT2D eigenvalue weighted by atomic mass is 19.1. The van der Waals surface area contributed by atoms with Crippen LogP contribution in [0.25, 0.3) is 17.1 Å². The number of nitrogens with zero attached hydrogens (tertiary/aromatic N) is 6. The Bertz CT molecular complexity index is 1410. The Morgan fingerprint density at radius 1 is 0.906 bits per heavy atom. The Labute approximate surface area is 183 Å². The van der Waals surface area contributed by atoms with Gasteiger partial charge in [0.2, 0.25) is 0 Å². The third kappa shape index (κ3) is 3.59. The molecule has 6 nitrogen and oxygen atoms in total. The van der Waals surface area contributed by atoms with E-state index in [0.717, 1.165) is 6.07 Å². The summed E-state index contributed by atoms with van der Waals surface area (Å²) in [6.45, 7) is 3.85. The van der Waals surface area contributed by atoms with Gasteiger partial charge in [-0.2, -0.15) is 10.5 Å². The molecule has 0 radical (unpaired) electrons. The monoisotopic (exact) mass is 426 g/mol. The lowest BCUT2D eigenvalue weighted by Gasteiger charge is -2.25. The van der Waals surface area contributed by atoms with Gasteiger partial charge in [-0.1, -0.05) is 12.1 Å². The van der Waals surface area contributed by atoms with Crippen molar-refractivity contribution in [1.29, 1.82) is 10.5 Å². The molecule has 0 aliphatic heterocycles. The minimum atomic E-state index is -0.690. The molecule has 0 bridgehead atoms. The number of nitriles is 2. The van der Waals surface area contributed by atoms with Crippen LogP contribution in [-0.2, 0) is 5.41 Å². The molecule has 0 saturated carbocycles. The molecule has 8 heteroatoms. The molecule has 0 aliphatic carbocycles. The zero-order chi connectivity index (χ0) is 22.9. The molecule has 1 aromatic carbocycles. The van der Waals surface area contributed by atoms with E-state index < -0.39 is 17.0 Å². The summed E-state index contributed by atoms with van der Waals surface area (Å²) >= 11 is 0. The number of hydrogen-bond acceptors (Lipinski definition) is 5. The van der Waals surface area contributed by atoms with Gasteiger partial charge >= 0.3 is 0 Å². The van der Waals surface area contributed by atoms with Crippen LogP contribution in [0.5, 0.6) is 0 Å². The van der Waals surface area contributed by atoms with Crippen LogP contribution in [0.15, 0.2) is 60.9 Å². The second-order valence-corrected chi connectivity index (χ2v) is 7.57. The number of benzene rings is 1. The van der Waals surface area contributed by atoms with Gasteiger partial charge in [0.1, 0.15) is 35.9 Å². The molecular weight excluding hydrogens is 410 g/mol. The normalized spacial score (nSPS) is 11.1. The largest absolute Gasteiger partial charge is 0.273 e. The summed E-state index contributed by atoms with van der Waals surface area (Å²) in [5, 5.41) is 18.6. The van der Waals surface area contributed by atoms with Crippen molar-refractivity contribution < 1.29 is 8.78 Å². The Hall–Kier alpha value is -4.43. The van der Waals surface area contributed by atoms with Crippen LogP contribution >= 0.6 is 0 Å². The van der Waals surface area contributed by atoms with Crippen molar-refractivity contribution in [3.63, 3.8) is 0 Å². The molecule has 3 heterocycles. The zero-order valence-corrected chi connectivity index (χ0v) is 17.2. The number of rotatable bonds is 4. The van der Waals surface area contributed by atoms with E-state index in [0.29, 0.717) is 22.9 Å². The van der Waals surface area contributed by atoms with Crippen LogP contribution in [0.4, 0.5) is 8.78 Å². The van der Waals surface area contributed by atoms with E-state index in [-0.39, 0.29) is 17.0 Å². The van der Waals surface area contributed by atoms with E-state index in [1.54, 1.807) is 24.3 Å². The number of imidazole rings is 1. The summed E-state index contributed by atoms with van der Waals surface area (Å²) in [6, 6.07) is 17.8. The van der Waals surface area contributed by atoms with Gasteiger partial charge in [0.25, 0.3) is 0 Å². The second kappa shape index (κ2) is 8.01. The summed E-state index contributed by atoms with van der Waals surface area (Å²) in [4.78, 5) is 13.3. The fourth-order valence-electron chi connectivity index (χ4n) is 3.38. The lowest BCUT2D eigenvalue weighted by molar-refractivity contribution is 0.582. The van der Waals surface area contributed by atoms with Crippen molar-refractivity contribution in [2.75, 3.05) is 0 Å². The van der Waals surface area contributed by atoms with Gasteiger partial charge < -0.3 is 0 Å². The maximum atomic E-state index is 14.3. The van der Waals surface area contributed by atoms with Crippen molar-refractivity contribution >= 4 is 0 Å². The number of hydrogen-bond donors (Lipinski definition) is 0. The molecule has 0 aliphatic rings. The van der Waals surface area contributed by atoms with Crippen LogP contribution in [0.3, 0.4) is 0 Å². The average molecular weight is 426 g/mol.